The van der Waals surface area contributed by atoms with E-state index in [9.17, 15) is 0 Å². The average molecular weight is 526 g/mol. The van der Waals surface area contributed by atoms with Gasteiger partial charge in [0.2, 0.25) is 0 Å². The summed E-state index contributed by atoms with van der Waals surface area (Å²) in [5.41, 5.74) is 0. The van der Waals surface area contributed by atoms with E-state index in [-0.39, 0.29) is 65.0 Å². The van der Waals surface area contributed by atoms with Crippen LogP contribution in [0.15, 0.2) is 0 Å². The fourth-order valence-electron chi connectivity index (χ4n) is 0. The molecule has 0 aromatic heterocycles. The Balaban J connectivity index is -0.0000000300. The van der Waals surface area contributed by atoms with Gasteiger partial charge in [-0.25, -0.2) is 0 Å². The molecule has 2 radical (unpaired) electrons. The minimum Gasteiger partial charge on any atom is 2.00 e. The number of rotatable bonds is 0. The van der Waals surface area contributed by atoms with Gasteiger partial charge in [0.05, 0.1) is 0 Å². The van der Waals surface area contributed by atoms with Gasteiger partial charge < -0.3 is 0 Å². The molecular weight excluding hydrogens is 526 g/mol. The monoisotopic (exact) mass is 524 g/mol. The molecule has 0 aromatic carbocycles. The van der Waals surface area contributed by atoms with E-state index in [0.717, 1.165) is 0 Å². The summed E-state index contributed by atoms with van der Waals surface area (Å²) in [6.45, 7) is 0. The zero-order chi connectivity index (χ0) is 7.15. The summed E-state index contributed by atoms with van der Waals surface area (Å²) in [5.74, 6) is 0. The molecule has 0 bridgehead atoms. The van der Waals surface area contributed by atoms with Crippen molar-refractivity contribution in [3.05, 3.63) is 0 Å². The summed E-state index contributed by atoms with van der Waals surface area (Å²) in [6.07, 6.45) is 0. The molecule has 50 valence electrons. The van der Waals surface area contributed by atoms with Gasteiger partial charge in [0.1, 0.15) is 0 Å². The van der Waals surface area contributed by atoms with Crippen LogP contribution in [0.2, 0.25) is 0 Å². The van der Waals surface area contributed by atoms with E-state index in [0.29, 0.717) is 0 Å². The quantitative estimate of drug-likeness (QED) is 0.290. The third-order valence-electron chi connectivity index (χ3n) is 0. The minimum absolute atomic E-state index is 0. The van der Waals surface area contributed by atoms with E-state index in [1.807, 2.05) is 0 Å². The molecule has 0 saturated heterocycles. The van der Waals surface area contributed by atoms with Gasteiger partial charge in [-0.05, 0) is 0 Å². The van der Waals surface area contributed by atoms with Crippen LogP contribution in [-0.2, 0) is 50.9 Å². The van der Waals surface area contributed by atoms with Crippen molar-refractivity contribution in [2.24, 2.45) is 0 Å². The van der Waals surface area contributed by atoms with E-state index in [4.69, 9.17) is 18.4 Å². The molecule has 0 aromatic rings. The van der Waals surface area contributed by atoms with Gasteiger partial charge in [0.15, 0.2) is 0 Å². The normalized spacial score (nSPS) is 5.20. The largest absolute Gasteiger partial charge is 2.00 e. The van der Waals surface area contributed by atoms with Crippen LogP contribution in [0.1, 0.15) is 0 Å². The van der Waals surface area contributed by atoms with Crippen LogP contribution in [0.3, 0.4) is 0 Å². The summed E-state index contributed by atoms with van der Waals surface area (Å²) in [6, 6.07) is 0. The van der Waals surface area contributed by atoms with Crippen LogP contribution in [0.4, 0.5) is 0 Å². The Morgan fingerprint density at radius 2 is 0.800 bits per heavy atom. The zero-order valence-electron chi connectivity index (χ0n) is 4.66. The fourth-order valence-corrected chi connectivity index (χ4v) is 0. The maximum absolute atomic E-state index is 8.61. The van der Waals surface area contributed by atoms with Crippen LogP contribution in [0.5, 0.6) is 0 Å². The van der Waals surface area contributed by atoms with Crippen LogP contribution in [0.25, 0.3) is 0 Å². The SMILES string of the molecule is [Ca+2].[O]=[Zr]([O-])[O-].[O]=[Zr]([O-])[O-].[Pb+2]. The summed E-state index contributed by atoms with van der Waals surface area (Å²) < 4.78 is 51.7. The van der Waals surface area contributed by atoms with Crippen molar-refractivity contribution < 1.29 is 63.6 Å². The molecule has 0 heterocycles. The van der Waals surface area contributed by atoms with Crippen LogP contribution in [0, 0.1) is 0 Å². The van der Waals surface area contributed by atoms with Crippen LogP contribution >= 0.6 is 0 Å². The van der Waals surface area contributed by atoms with Gasteiger partial charge >= 0.3 is 129 Å². The standard InChI is InChI=1S/Ca.6O.Pb.2Zr/q+2;;;4*-1;+2;;. The molecule has 0 saturated carbocycles. The number of hydrogen-bond donors (Lipinski definition) is 0. The van der Waals surface area contributed by atoms with E-state index in [1.165, 1.54) is 0 Å². The van der Waals surface area contributed by atoms with E-state index < -0.39 is 45.3 Å². The van der Waals surface area contributed by atoms with Crippen molar-refractivity contribution >= 4 is 65.0 Å². The second kappa shape index (κ2) is 18.2. The summed E-state index contributed by atoms with van der Waals surface area (Å²) in [7, 11) is 0. The van der Waals surface area contributed by atoms with E-state index in [2.05, 4.69) is 0 Å². The second-order valence-electron chi connectivity index (χ2n) is 0.500. The molecule has 0 atom stereocenters. The Labute approximate surface area is 126 Å². The molecule has 0 N–H and O–H groups in total. The second-order valence-corrected chi connectivity index (χ2v) is 2.96. The van der Waals surface area contributed by atoms with E-state index >= 15 is 0 Å². The first-order chi connectivity index (χ1) is 3.46. The Morgan fingerprint density at radius 3 is 0.800 bits per heavy atom. The van der Waals surface area contributed by atoms with Gasteiger partial charge in [-0.1, -0.05) is 0 Å². The van der Waals surface area contributed by atoms with E-state index in [1.54, 1.807) is 0 Å². The van der Waals surface area contributed by atoms with Gasteiger partial charge in [0.25, 0.3) is 0 Å². The minimum atomic E-state index is -4.29. The molecule has 10 heteroatoms. The van der Waals surface area contributed by atoms with Crippen molar-refractivity contribution in [1.82, 2.24) is 0 Å². The van der Waals surface area contributed by atoms with Crippen molar-refractivity contribution in [3.8, 4) is 0 Å². The molecule has 0 aliphatic heterocycles. The topological polar surface area (TPSA) is 126 Å². The van der Waals surface area contributed by atoms with Crippen molar-refractivity contribution in [2.75, 3.05) is 0 Å². The maximum atomic E-state index is 8.61. The molecule has 0 aliphatic carbocycles. The first kappa shape index (κ1) is 23.3. The van der Waals surface area contributed by atoms with Crippen molar-refractivity contribution in [1.29, 1.82) is 0 Å². The smallest absolute Gasteiger partial charge is 2.00 e. The Bertz CT molecular complexity index is 73.7. The third kappa shape index (κ3) is 107. The molecule has 0 fully saturated rings. The summed E-state index contributed by atoms with van der Waals surface area (Å²) >= 11 is -8.59. The Morgan fingerprint density at radius 1 is 0.800 bits per heavy atom. The summed E-state index contributed by atoms with van der Waals surface area (Å²) in [5, 5.41) is 0. The third-order valence-corrected chi connectivity index (χ3v) is 0. The molecule has 10 heavy (non-hydrogen) atoms. The molecule has 0 aliphatic rings. The first-order valence-electron chi connectivity index (χ1n) is 1.22. The van der Waals surface area contributed by atoms with Gasteiger partial charge in [-0.15, -0.1) is 0 Å². The Kier molecular flexibility index (Phi) is 42.5. The molecule has 0 spiro atoms. The molecular formula is CaO6PbZr2. The Hall–Kier alpha value is 3.39. The van der Waals surface area contributed by atoms with Gasteiger partial charge in [-0.3, -0.25) is 0 Å². The van der Waals surface area contributed by atoms with Gasteiger partial charge in [0, 0.05) is 0 Å². The fraction of sp³-hybridized carbons (Fsp3) is 0. The van der Waals surface area contributed by atoms with Crippen molar-refractivity contribution in [2.45, 2.75) is 0 Å². The molecule has 6 nitrogen and oxygen atoms in total. The predicted molar refractivity (Wildman–Crippen MR) is 12.9 cm³/mol. The zero-order valence-corrected chi connectivity index (χ0v) is 15.7. The average Bonchev–Trinajstić information content (AvgIpc) is 1.25. The van der Waals surface area contributed by atoms with Crippen molar-refractivity contribution in [3.63, 3.8) is 0 Å². The molecule has 0 amide bonds. The number of hydrogen-bond acceptors (Lipinski definition) is 6. The molecule has 0 unspecified atom stereocenters. The maximum Gasteiger partial charge on any atom is 2.00 e. The first-order valence-corrected chi connectivity index (χ1v) is 7.25. The van der Waals surface area contributed by atoms with Gasteiger partial charge in [-0.2, -0.15) is 0 Å². The van der Waals surface area contributed by atoms with Crippen LogP contribution in [-0.4, -0.2) is 65.0 Å². The molecule has 0 rings (SSSR count). The summed E-state index contributed by atoms with van der Waals surface area (Å²) in [4.78, 5) is 0. The predicted octanol–water partition coefficient (Wildman–Crippen LogP) is -5.76. The van der Waals surface area contributed by atoms with Crippen LogP contribution < -0.4 is 12.7 Å².